The van der Waals surface area contributed by atoms with Gasteiger partial charge in [-0.1, -0.05) is 25.1 Å². The standard InChI is InChI=1S/C12H15NOS/c1-3-7-12(14)13-10-8-5-6-9-11(10)15-4-2/h3,5-6,8-9H,1,4,7H2,2H3,(H,13,14). The fourth-order valence-corrected chi connectivity index (χ4v) is 1.94. The topological polar surface area (TPSA) is 29.1 Å². The Bertz CT molecular complexity index is 349. The third-order valence-corrected chi connectivity index (χ3v) is 2.75. The van der Waals surface area contributed by atoms with Gasteiger partial charge in [0, 0.05) is 11.3 Å². The van der Waals surface area contributed by atoms with Crippen molar-refractivity contribution >= 4 is 23.4 Å². The highest BCUT2D eigenvalue weighted by atomic mass is 32.2. The summed E-state index contributed by atoms with van der Waals surface area (Å²) in [4.78, 5) is 12.5. The number of thioether (sulfide) groups is 1. The first kappa shape index (κ1) is 11.9. The number of carbonyl (C=O) groups excluding carboxylic acids is 1. The molecule has 1 rings (SSSR count). The summed E-state index contributed by atoms with van der Waals surface area (Å²) in [6.07, 6.45) is 1.95. The minimum absolute atomic E-state index is 0.0193. The first-order valence-corrected chi connectivity index (χ1v) is 5.89. The maximum Gasteiger partial charge on any atom is 0.228 e. The fourth-order valence-electron chi connectivity index (χ4n) is 1.18. The molecule has 0 aromatic heterocycles. The lowest BCUT2D eigenvalue weighted by molar-refractivity contribution is -0.115. The molecule has 15 heavy (non-hydrogen) atoms. The largest absolute Gasteiger partial charge is 0.325 e. The van der Waals surface area contributed by atoms with Crippen molar-refractivity contribution in [3.05, 3.63) is 36.9 Å². The minimum atomic E-state index is -0.0193. The van der Waals surface area contributed by atoms with Gasteiger partial charge in [-0.2, -0.15) is 0 Å². The molecule has 1 aromatic rings. The van der Waals surface area contributed by atoms with Crippen LogP contribution in [0.3, 0.4) is 0 Å². The normalized spacial score (nSPS) is 9.67. The number of nitrogens with one attached hydrogen (secondary N) is 1. The molecule has 1 N–H and O–H groups in total. The molecule has 0 bridgehead atoms. The predicted molar refractivity (Wildman–Crippen MR) is 66.3 cm³/mol. The third-order valence-electron chi connectivity index (χ3n) is 1.79. The number of benzene rings is 1. The summed E-state index contributed by atoms with van der Waals surface area (Å²) in [5, 5.41) is 2.87. The van der Waals surface area contributed by atoms with E-state index >= 15 is 0 Å². The van der Waals surface area contributed by atoms with Crippen molar-refractivity contribution in [2.75, 3.05) is 11.1 Å². The lowest BCUT2D eigenvalue weighted by atomic mass is 10.3. The van der Waals surface area contributed by atoms with Gasteiger partial charge in [0.2, 0.25) is 5.91 Å². The summed E-state index contributed by atoms with van der Waals surface area (Å²) in [7, 11) is 0. The molecule has 0 saturated heterocycles. The van der Waals surface area contributed by atoms with Gasteiger partial charge < -0.3 is 5.32 Å². The zero-order valence-electron chi connectivity index (χ0n) is 8.82. The maximum atomic E-state index is 11.4. The Kier molecular flexibility index (Phi) is 4.98. The summed E-state index contributed by atoms with van der Waals surface area (Å²) >= 11 is 1.72. The summed E-state index contributed by atoms with van der Waals surface area (Å²) < 4.78 is 0. The molecule has 80 valence electrons. The van der Waals surface area contributed by atoms with Crippen LogP contribution in [-0.2, 0) is 4.79 Å². The SMILES string of the molecule is C=CCC(=O)Nc1ccccc1SCC. The first-order valence-electron chi connectivity index (χ1n) is 4.90. The van der Waals surface area contributed by atoms with Crippen LogP contribution in [0.25, 0.3) is 0 Å². The van der Waals surface area contributed by atoms with Gasteiger partial charge in [-0.05, 0) is 17.9 Å². The van der Waals surface area contributed by atoms with Gasteiger partial charge in [-0.15, -0.1) is 18.3 Å². The molecule has 0 fully saturated rings. The molecule has 0 spiro atoms. The lowest BCUT2D eigenvalue weighted by Crippen LogP contribution is -2.10. The number of hydrogen-bond acceptors (Lipinski definition) is 2. The van der Waals surface area contributed by atoms with Gasteiger partial charge in [-0.3, -0.25) is 4.79 Å². The van der Waals surface area contributed by atoms with Crippen LogP contribution in [0, 0.1) is 0 Å². The Hall–Kier alpha value is -1.22. The summed E-state index contributed by atoms with van der Waals surface area (Å²) in [5.41, 5.74) is 0.885. The third kappa shape index (κ3) is 3.80. The van der Waals surface area contributed by atoms with Crippen LogP contribution >= 0.6 is 11.8 Å². The molecule has 2 nitrogen and oxygen atoms in total. The Morgan fingerprint density at radius 1 is 1.53 bits per heavy atom. The highest BCUT2D eigenvalue weighted by Gasteiger charge is 2.04. The molecule has 0 radical (unpaired) electrons. The van der Waals surface area contributed by atoms with Gasteiger partial charge in [-0.25, -0.2) is 0 Å². The highest BCUT2D eigenvalue weighted by Crippen LogP contribution is 2.26. The zero-order valence-corrected chi connectivity index (χ0v) is 9.64. The maximum absolute atomic E-state index is 11.4. The fraction of sp³-hybridized carbons (Fsp3) is 0.250. The summed E-state index contributed by atoms with van der Waals surface area (Å²) in [6.45, 7) is 5.63. The lowest BCUT2D eigenvalue weighted by Gasteiger charge is -2.08. The number of carbonyl (C=O) groups is 1. The van der Waals surface area contributed by atoms with E-state index in [4.69, 9.17) is 0 Å². The molecule has 0 atom stereocenters. The Morgan fingerprint density at radius 3 is 2.93 bits per heavy atom. The summed E-state index contributed by atoms with van der Waals surface area (Å²) in [6, 6.07) is 7.82. The van der Waals surface area contributed by atoms with E-state index in [1.165, 1.54) is 0 Å². The van der Waals surface area contributed by atoms with E-state index in [0.717, 1.165) is 16.3 Å². The Morgan fingerprint density at radius 2 is 2.27 bits per heavy atom. The number of hydrogen-bond donors (Lipinski definition) is 1. The van der Waals surface area contributed by atoms with E-state index in [-0.39, 0.29) is 5.91 Å². The van der Waals surface area contributed by atoms with Crippen LogP contribution in [0.15, 0.2) is 41.8 Å². The molecule has 0 aliphatic heterocycles. The number of anilines is 1. The molecule has 3 heteroatoms. The van der Waals surface area contributed by atoms with Crippen LogP contribution in [0.5, 0.6) is 0 Å². The number of rotatable bonds is 5. The predicted octanol–water partition coefficient (Wildman–Crippen LogP) is 3.31. The quantitative estimate of drug-likeness (QED) is 0.610. The Balaban J connectivity index is 2.74. The van der Waals surface area contributed by atoms with E-state index in [9.17, 15) is 4.79 Å². The summed E-state index contributed by atoms with van der Waals surface area (Å²) in [5.74, 6) is 0.975. The van der Waals surface area contributed by atoms with E-state index in [0.29, 0.717) is 6.42 Å². The number of amides is 1. The minimum Gasteiger partial charge on any atom is -0.325 e. The van der Waals surface area contributed by atoms with Crippen LogP contribution < -0.4 is 5.32 Å². The van der Waals surface area contributed by atoms with Crippen LogP contribution in [-0.4, -0.2) is 11.7 Å². The van der Waals surface area contributed by atoms with Crippen LogP contribution in [0.2, 0.25) is 0 Å². The molecule has 0 aliphatic rings. The molecule has 1 amide bonds. The second-order valence-electron chi connectivity index (χ2n) is 2.97. The molecular formula is C12H15NOS. The second-order valence-corrected chi connectivity index (χ2v) is 4.28. The van der Waals surface area contributed by atoms with Crippen molar-refractivity contribution in [3.8, 4) is 0 Å². The van der Waals surface area contributed by atoms with E-state index in [2.05, 4.69) is 18.8 Å². The zero-order chi connectivity index (χ0) is 11.1. The van der Waals surface area contributed by atoms with Crippen molar-refractivity contribution in [2.45, 2.75) is 18.2 Å². The molecule has 0 aliphatic carbocycles. The van der Waals surface area contributed by atoms with Crippen molar-refractivity contribution in [2.24, 2.45) is 0 Å². The average Bonchev–Trinajstić information content (AvgIpc) is 2.21. The van der Waals surface area contributed by atoms with Crippen molar-refractivity contribution in [1.82, 2.24) is 0 Å². The average molecular weight is 221 g/mol. The van der Waals surface area contributed by atoms with E-state index < -0.39 is 0 Å². The molecule has 0 unspecified atom stereocenters. The molecule has 1 aromatic carbocycles. The van der Waals surface area contributed by atoms with Gasteiger partial charge in [0.15, 0.2) is 0 Å². The van der Waals surface area contributed by atoms with Crippen molar-refractivity contribution in [1.29, 1.82) is 0 Å². The molecule has 0 heterocycles. The van der Waals surface area contributed by atoms with Crippen molar-refractivity contribution < 1.29 is 4.79 Å². The van der Waals surface area contributed by atoms with Crippen LogP contribution in [0.1, 0.15) is 13.3 Å². The van der Waals surface area contributed by atoms with E-state index in [1.807, 2.05) is 24.3 Å². The first-order chi connectivity index (χ1) is 7.27. The second kappa shape index (κ2) is 6.30. The molecule has 0 saturated carbocycles. The van der Waals surface area contributed by atoms with Crippen molar-refractivity contribution in [3.63, 3.8) is 0 Å². The van der Waals surface area contributed by atoms with Crippen LogP contribution in [0.4, 0.5) is 5.69 Å². The van der Waals surface area contributed by atoms with Gasteiger partial charge in [0.05, 0.1) is 5.69 Å². The smallest absolute Gasteiger partial charge is 0.228 e. The molecular weight excluding hydrogens is 206 g/mol. The van der Waals surface area contributed by atoms with Gasteiger partial charge in [0.25, 0.3) is 0 Å². The van der Waals surface area contributed by atoms with Gasteiger partial charge >= 0.3 is 0 Å². The van der Waals surface area contributed by atoms with Gasteiger partial charge in [0.1, 0.15) is 0 Å². The monoisotopic (exact) mass is 221 g/mol. The highest BCUT2D eigenvalue weighted by molar-refractivity contribution is 7.99. The Labute approximate surface area is 94.8 Å². The van der Waals surface area contributed by atoms with E-state index in [1.54, 1.807) is 17.8 Å². The number of para-hydroxylation sites is 1.